The fourth-order valence-corrected chi connectivity index (χ4v) is 3.61. The Morgan fingerprint density at radius 3 is 2.30 bits per heavy atom. The van der Waals surface area contributed by atoms with E-state index in [1.165, 1.54) is 24.9 Å². The van der Waals surface area contributed by atoms with Crippen LogP contribution in [0.4, 0.5) is 10.5 Å². The molecular weight excluding hydrogens is 376 g/mol. The normalized spacial score (nSPS) is 13.6. The van der Waals surface area contributed by atoms with Gasteiger partial charge in [0.05, 0.1) is 0 Å². The molecule has 0 unspecified atom stereocenters. The van der Waals surface area contributed by atoms with Crippen LogP contribution in [0.25, 0.3) is 0 Å². The fraction of sp³-hybridized carbons (Fsp3) is 0.417. The molecule has 0 aromatic heterocycles. The molecule has 30 heavy (non-hydrogen) atoms. The first-order valence-electron chi connectivity index (χ1n) is 10.8. The largest absolute Gasteiger partial charge is 0.372 e. The topological polar surface area (TPSA) is 64.7 Å². The number of nitrogens with zero attached hydrogens (tertiary/aromatic N) is 2. The first-order chi connectivity index (χ1) is 14.6. The molecule has 2 N–H and O–H groups in total. The molecular formula is C24H32N4O2. The van der Waals surface area contributed by atoms with Crippen molar-refractivity contribution in [3.63, 3.8) is 0 Å². The molecule has 0 bridgehead atoms. The maximum Gasteiger partial charge on any atom is 0.317 e. The van der Waals surface area contributed by atoms with Crippen molar-refractivity contribution in [1.82, 2.24) is 15.5 Å². The van der Waals surface area contributed by atoms with Crippen LogP contribution in [-0.4, -0.2) is 43.5 Å². The van der Waals surface area contributed by atoms with Gasteiger partial charge in [0.25, 0.3) is 0 Å². The van der Waals surface area contributed by atoms with E-state index >= 15 is 0 Å². The van der Waals surface area contributed by atoms with Crippen molar-refractivity contribution in [3.8, 4) is 0 Å². The molecule has 1 fully saturated rings. The van der Waals surface area contributed by atoms with E-state index in [1.807, 2.05) is 30.3 Å². The number of anilines is 1. The second-order valence-electron chi connectivity index (χ2n) is 7.81. The molecule has 0 radical (unpaired) electrons. The van der Waals surface area contributed by atoms with Crippen LogP contribution in [-0.2, 0) is 17.9 Å². The number of carbonyl (C=O) groups excluding carboxylic acids is 2. The van der Waals surface area contributed by atoms with Crippen molar-refractivity contribution in [2.45, 2.75) is 38.8 Å². The lowest BCUT2D eigenvalue weighted by Gasteiger charge is -2.28. The SMILES string of the molecule is CN(Cc1ccccc1)C(=O)NCCC(=O)NCc1ccc(N2CCCCC2)cc1. The molecule has 2 aromatic rings. The lowest BCUT2D eigenvalue weighted by molar-refractivity contribution is -0.121. The second-order valence-corrected chi connectivity index (χ2v) is 7.81. The molecule has 0 aliphatic carbocycles. The van der Waals surface area contributed by atoms with Gasteiger partial charge in [-0.2, -0.15) is 0 Å². The van der Waals surface area contributed by atoms with Gasteiger partial charge in [0.2, 0.25) is 5.91 Å². The van der Waals surface area contributed by atoms with Crippen LogP contribution in [0.2, 0.25) is 0 Å². The highest BCUT2D eigenvalue weighted by Gasteiger charge is 2.11. The van der Waals surface area contributed by atoms with E-state index in [4.69, 9.17) is 0 Å². The number of hydrogen-bond donors (Lipinski definition) is 2. The van der Waals surface area contributed by atoms with Crippen molar-refractivity contribution in [2.24, 2.45) is 0 Å². The summed E-state index contributed by atoms with van der Waals surface area (Å²) in [6.45, 7) is 3.61. The summed E-state index contributed by atoms with van der Waals surface area (Å²) in [7, 11) is 1.75. The summed E-state index contributed by atoms with van der Waals surface area (Å²) in [5.74, 6) is -0.0684. The van der Waals surface area contributed by atoms with E-state index in [1.54, 1.807) is 11.9 Å². The predicted octanol–water partition coefficient (Wildman–Crippen LogP) is 3.52. The van der Waals surface area contributed by atoms with Crippen LogP contribution in [0.5, 0.6) is 0 Å². The van der Waals surface area contributed by atoms with E-state index in [9.17, 15) is 9.59 Å². The van der Waals surface area contributed by atoms with E-state index in [-0.39, 0.29) is 18.4 Å². The molecule has 160 valence electrons. The standard InChI is InChI=1S/C24H32N4O2/c1-27(19-21-8-4-2-5-9-21)24(30)25-15-14-23(29)26-18-20-10-12-22(13-11-20)28-16-6-3-7-17-28/h2,4-5,8-13H,3,6-7,14-19H2,1H3,(H,25,30)(H,26,29). The highest BCUT2D eigenvalue weighted by atomic mass is 16.2. The van der Waals surface area contributed by atoms with E-state index < -0.39 is 0 Å². The lowest BCUT2D eigenvalue weighted by atomic mass is 10.1. The van der Waals surface area contributed by atoms with Gasteiger partial charge in [0.15, 0.2) is 0 Å². The van der Waals surface area contributed by atoms with Crippen LogP contribution in [0, 0.1) is 0 Å². The van der Waals surface area contributed by atoms with Crippen LogP contribution in [0.15, 0.2) is 54.6 Å². The van der Waals surface area contributed by atoms with Gasteiger partial charge < -0.3 is 20.4 Å². The van der Waals surface area contributed by atoms with Gasteiger partial charge >= 0.3 is 6.03 Å². The maximum atomic E-state index is 12.1. The monoisotopic (exact) mass is 408 g/mol. The molecule has 6 nitrogen and oxygen atoms in total. The Balaban J connectivity index is 1.33. The van der Waals surface area contributed by atoms with Gasteiger partial charge in [-0.25, -0.2) is 4.79 Å². The number of urea groups is 1. The highest BCUT2D eigenvalue weighted by molar-refractivity contribution is 5.78. The number of benzene rings is 2. The van der Waals surface area contributed by atoms with Gasteiger partial charge in [-0.15, -0.1) is 0 Å². The summed E-state index contributed by atoms with van der Waals surface area (Å²) in [4.78, 5) is 28.3. The number of hydrogen-bond acceptors (Lipinski definition) is 3. The van der Waals surface area contributed by atoms with E-state index in [0.717, 1.165) is 24.2 Å². The fourth-order valence-electron chi connectivity index (χ4n) is 3.61. The van der Waals surface area contributed by atoms with Crippen LogP contribution in [0.1, 0.15) is 36.8 Å². The zero-order valence-corrected chi connectivity index (χ0v) is 17.8. The number of amides is 3. The number of rotatable bonds is 8. The molecule has 1 heterocycles. The molecule has 0 atom stereocenters. The summed E-state index contributed by atoms with van der Waals surface area (Å²) >= 11 is 0. The van der Waals surface area contributed by atoms with Gasteiger partial charge in [-0.1, -0.05) is 42.5 Å². The first-order valence-corrected chi connectivity index (χ1v) is 10.8. The molecule has 0 spiro atoms. The van der Waals surface area contributed by atoms with Gasteiger partial charge in [0.1, 0.15) is 0 Å². The Labute approximate surface area is 179 Å². The van der Waals surface area contributed by atoms with Crippen molar-refractivity contribution < 1.29 is 9.59 Å². The average molecular weight is 409 g/mol. The smallest absolute Gasteiger partial charge is 0.317 e. The van der Waals surface area contributed by atoms with Crippen molar-refractivity contribution in [3.05, 3.63) is 65.7 Å². The van der Waals surface area contributed by atoms with Gasteiger partial charge in [-0.3, -0.25) is 4.79 Å². The predicted molar refractivity (Wildman–Crippen MR) is 120 cm³/mol. The first kappa shape index (κ1) is 21.7. The molecule has 1 aliphatic rings. The minimum atomic E-state index is -0.181. The summed E-state index contributed by atoms with van der Waals surface area (Å²) in [6.07, 6.45) is 4.11. The molecule has 3 amide bonds. The average Bonchev–Trinajstić information content (AvgIpc) is 2.79. The van der Waals surface area contributed by atoms with Gasteiger partial charge in [-0.05, 0) is 42.5 Å². The Kier molecular flexibility index (Phi) is 8.12. The Bertz CT molecular complexity index is 802. The molecule has 1 aliphatic heterocycles. The molecule has 3 rings (SSSR count). The Morgan fingerprint density at radius 2 is 1.60 bits per heavy atom. The quantitative estimate of drug-likeness (QED) is 0.702. The minimum absolute atomic E-state index is 0.0684. The number of piperidine rings is 1. The van der Waals surface area contributed by atoms with Crippen LogP contribution in [0.3, 0.4) is 0 Å². The summed E-state index contributed by atoms with van der Waals surface area (Å²) in [5.41, 5.74) is 3.40. The molecule has 0 saturated carbocycles. The zero-order valence-electron chi connectivity index (χ0n) is 17.8. The third-order valence-corrected chi connectivity index (χ3v) is 5.38. The lowest BCUT2D eigenvalue weighted by Crippen LogP contribution is -2.38. The van der Waals surface area contributed by atoms with Crippen LogP contribution >= 0.6 is 0 Å². The van der Waals surface area contributed by atoms with Crippen molar-refractivity contribution in [1.29, 1.82) is 0 Å². The zero-order chi connectivity index (χ0) is 21.2. The molecule has 6 heteroatoms. The summed E-state index contributed by atoms with van der Waals surface area (Å²) < 4.78 is 0. The summed E-state index contributed by atoms with van der Waals surface area (Å²) in [6, 6.07) is 18.1. The second kappa shape index (κ2) is 11.2. The Morgan fingerprint density at radius 1 is 0.900 bits per heavy atom. The third-order valence-electron chi connectivity index (χ3n) is 5.38. The van der Waals surface area contributed by atoms with E-state index in [0.29, 0.717) is 19.6 Å². The molecule has 1 saturated heterocycles. The van der Waals surface area contributed by atoms with Crippen molar-refractivity contribution >= 4 is 17.6 Å². The van der Waals surface area contributed by atoms with Gasteiger partial charge in [0, 0.05) is 51.9 Å². The maximum absolute atomic E-state index is 12.1. The molecule has 2 aromatic carbocycles. The Hall–Kier alpha value is -3.02. The minimum Gasteiger partial charge on any atom is -0.372 e. The van der Waals surface area contributed by atoms with Crippen LogP contribution < -0.4 is 15.5 Å². The summed E-state index contributed by atoms with van der Waals surface area (Å²) in [5, 5.41) is 5.72. The third kappa shape index (κ3) is 6.79. The van der Waals surface area contributed by atoms with Crippen molar-refractivity contribution in [2.75, 3.05) is 31.6 Å². The van der Waals surface area contributed by atoms with E-state index in [2.05, 4.69) is 39.8 Å². The highest BCUT2D eigenvalue weighted by Crippen LogP contribution is 2.20. The number of nitrogens with one attached hydrogen (secondary N) is 2. The number of carbonyl (C=O) groups is 2.